The Hall–Kier alpha value is -2.26. The molecule has 0 aliphatic carbocycles. The van der Waals surface area contributed by atoms with Gasteiger partial charge in [-0.2, -0.15) is 13.2 Å². The zero-order chi connectivity index (χ0) is 20.3. The second-order valence-electron chi connectivity index (χ2n) is 6.15. The number of carbonyl (C=O) groups is 1. The van der Waals surface area contributed by atoms with Crippen molar-refractivity contribution >= 4 is 35.1 Å². The SMILES string of the molecule is O=C(NCc1ccc(Cl)nc1)N1CCN(c2ncc(C(F)(F)F)cc2Cl)CC1. The molecule has 0 atom stereocenters. The Bertz CT molecular complexity index is 840. The molecule has 1 saturated heterocycles. The Morgan fingerprint density at radius 3 is 2.39 bits per heavy atom. The lowest BCUT2D eigenvalue weighted by molar-refractivity contribution is -0.137. The maximum atomic E-state index is 12.7. The third-order valence-electron chi connectivity index (χ3n) is 4.25. The quantitative estimate of drug-likeness (QED) is 0.747. The van der Waals surface area contributed by atoms with Crippen LogP contribution in [0.25, 0.3) is 0 Å². The zero-order valence-electron chi connectivity index (χ0n) is 14.5. The molecule has 1 aliphatic rings. The number of hydrogen-bond donors (Lipinski definition) is 1. The first-order chi connectivity index (χ1) is 13.2. The summed E-state index contributed by atoms with van der Waals surface area (Å²) in [5, 5.41) is 3.11. The van der Waals surface area contributed by atoms with Gasteiger partial charge in [0.1, 0.15) is 11.0 Å². The largest absolute Gasteiger partial charge is 0.417 e. The fraction of sp³-hybridized carbons (Fsp3) is 0.353. The number of urea groups is 1. The Morgan fingerprint density at radius 1 is 1.11 bits per heavy atom. The lowest BCUT2D eigenvalue weighted by atomic mass is 10.2. The highest BCUT2D eigenvalue weighted by atomic mass is 35.5. The van der Waals surface area contributed by atoms with Crippen molar-refractivity contribution in [3.05, 3.63) is 51.9 Å². The van der Waals surface area contributed by atoms with Crippen LogP contribution in [-0.2, 0) is 12.7 Å². The van der Waals surface area contributed by atoms with Gasteiger partial charge in [-0.25, -0.2) is 14.8 Å². The number of carbonyl (C=O) groups excluding carboxylic acids is 1. The first-order valence-electron chi connectivity index (χ1n) is 8.35. The highest BCUT2D eigenvalue weighted by molar-refractivity contribution is 6.33. The minimum atomic E-state index is -4.49. The van der Waals surface area contributed by atoms with Crippen molar-refractivity contribution in [2.75, 3.05) is 31.1 Å². The van der Waals surface area contributed by atoms with E-state index in [1.165, 1.54) is 0 Å². The molecule has 6 nitrogen and oxygen atoms in total. The molecule has 0 saturated carbocycles. The number of hydrogen-bond acceptors (Lipinski definition) is 4. The molecule has 0 bridgehead atoms. The van der Waals surface area contributed by atoms with Crippen LogP contribution >= 0.6 is 23.2 Å². The summed E-state index contributed by atoms with van der Waals surface area (Å²) in [7, 11) is 0. The molecule has 0 radical (unpaired) electrons. The Morgan fingerprint density at radius 2 is 1.82 bits per heavy atom. The number of aromatic nitrogens is 2. The second-order valence-corrected chi connectivity index (χ2v) is 6.94. The highest BCUT2D eigenvalue weighted by Gasteiger charge is 2.32. The third kappa shape index (κ3) is 4.96. The van der Waals surface area contributed by atoms with Gasteiger partial charge in [-0.05, 0) is 17.7 Å². The normalized spacial score (nSPS) is 14.9. The van der Waals surface area contributed by atoms with Crippen LogP contribution in [0.5, 0.6) is 0 Å². The number of alkyl halides is 3. The maximum Gasteiger partial charge on any atom is 0.417 e. The average Bonchev–Trinajstić information content (AvgIpc) is 2.67. The first-order valence-corrected chi connectivity index (χ1v) is 9.10. The number of amides is 2. The van der Waals surface area contributed by atoms with Crippen molar-refractivity contribution < 1.29 is 18.0 Å². The fourth-order valence-electron chi connectivity index (χ4n) is 2.74. The molecular formula is C17H16Cl2F3N5O. The van der Waals surface area contributed by atoms with E-state index >= 15 is 0 Å². The Balaban J connectivity index is 1.54. The first kappa shape index (κ1) is 20.5. The second kappa shape index (κ2) is 8.40. The van der Waals surface area contributed by atoms with E-state index in [0.717, 1.165) is 17.8 Å². The molecule has 11 heteroatoms. The van der Waals surface area contributed by atoms with Gasteiger partial charge in [-0.15, -0.1) is 0 Å². The van der Waals surface area contributed by atoms with Crippen LogP contribution in [-0.4, -0.2) is 47.1 Å². The van der Waals surface area contributed by atoms with E-state index in [4.69, 9.17) is 23.2 Å². The van der Waals surface area contributed by atoms with E-state index in [1.807, 2.05) is 0 Å². The smallest absolute Gasteiger partial charge is 0.352 e. The lowest BCUT2D eigenvalue weighted by Gasteiger charge is -2.35. The van der Waals surface area contributed by atoms with Gasteiger partial charge in [0.2, 0.25) is 0 Å². The summed E-state index contributed by atoms with van der Waals surface area (Å²) in [5.74, 6) is 0.280. The summed E-state index contributed by atoms with van der Waals surface area (Å²) < 4.78 is 38.2. The average molecular weight is 434 g/mol. The molecule has 2 aromatic heterocycles. The van der Waals surface area contributed by atoms with Gasteiger partial charge >= 0.3 is 12.2 Å². The standard InChI is InChI=1S/C17H16Cl2F3N5O/c18-13-7-12(17(20,21)22)10-24-15(13)26-3-5-27(6-4-26)16(28)25-9-11-1-2-14(19)23-8-11/h1-2,7-8,10H,3-6,9H2,(H,25,28). The summed E-state index contributed by atoms with van der Waals surface area (Å²) in [6, 6.07) is 4.04. The maximum absolute atomic E-state index is 12.7. The van der Waals surface area contributed by atoms with Gasteiger partial charge in [0.05, 0.1) is 10.6 Å². The Kier molecular flexibility index (Phi) is 6.14. The van der Waals surface area contributed by atoms with E-state index in [0.29, 0.717) is 37.9 Å². The van der Waals surface area contributed by atoms with Gasteiger partial charge in [0.15, 0.2) is 0 Å². The van der Waals surface area contributed by atoms with Crippen LogP contribution < -0.4 is 10.2 Å². The molecule has 0 aromatic carbocycles. The molecule has 150 valence electrons. The van der Waals surface area contributed by atoms with Crippen LogP contribution in [0.1, 0.15) is 11.1 Å². The van der Waals surface area contributed by atoms with E-state index < -0.39 is 11.7 Å². The van der Waals surface area contributed by atoms with E-state index in [1.54, 1.807) is 28.1 Å². The van der Waals surface area contributed by atoms with E-state index in [-0.39, 0.29) is 16.9 Å². The summed E-state index contributed by atoms with van der Waals surface area (Å²) >= 11 is 11.7. The van der Waals surface area contributed by atoms with Gasteiger partial charge < -0.3 is 15.1 Å². The molecule has 1 N–H and O–H groups in total. The molecular weight excluding hydrogens is 418 g/mol. The molecule has 2 amide bonds. The summed E-state index contributed by atoms with van der Waals surface area (Å²) in [6.07, 6.45) is -2.15. The lowest BCUT2D eigenvalue weighted by Crippen LogP contribution is -2.52. The number of piperazine rings is 1. The van der Waals surface area contributed by atoms with Crippen molar-refractivity contribution in [1.82, 2.24) is 20.2 Å². The number of nitrogens with one attached hydrogen (secondary N) is 1. The Labute approximate surface area is 169 Å². The van der Waals surface area contributed by atoms with Crippen LogP contribution in [0, 0.1) is 0 Å². The van der Waals surface area contributed by atoms with Crippen LogP contribution in [0.4, 0.5) is 23.8 Å². The molecule has 0 spiro atoms. The number of anilines is 1. The van der Waals surface area contributed by atoms with Crippen molar-refractivity contribution in [3.8, 4) is 0 Å². The topological polar surface area (TPSA) is 61.4 Å². The minimum Gasteiger partial charge on any atom is -0.352 e. The number of rotatable bonds is 3. The van der Waals surface area contributed by atoms with Crippen LogP contribution in [0.2, 0.25) is 10.2 Å². The van der Waals surface area contributed by atoms with Gasteiger partial charge in [0, 0.05) is 45.1 Å². The molecule has 3 rings (SSSR count). The molecule has 0 unspecified atom stereocenters. The predicted octanol–water partition coefficient (Wildman–Crippen LogP) is 3.83. The van der Waals surface area contributed by atoms with Gasteiger partial charge in [-0.1, -0.05) is 29.3 Å². The highest BCUT2D eigenvalue weighted by Crippen LogP contribution is 2.33. The molecule has 3 heterocycles. The van der Waals surface area contributed by atoms with E-state index in [2.05, 4.69) is 15.3 Å². The van der Waals surface area contributed by atoms with Crippen molar-refractivity contribution in [3.63, 3.8) is 0 Å². The van der Waals surface area contributed by atoms with Crippen LogP contribution in [0.15, 0.2) is 30.6 Å². The molecule has 2 aromatic rings. The summed E-state index contributed by atoms with van der Waals surface area (Å²) in [4.78, 5) is 23.5. The molecule has 28 heavy (non-hydrogen) atoms. The minimum absolute atomic E-state index is 0.0667. The molecule has 1 fully saturated rings. The fourth-order valence-corrected chi connectivity index (χ4v) is 3.14. The summed E-state index contributed by atoms with van der Waals surface area (Å²) in [6.45, 7) is 1.92. The number of pyridine rings is 2. The van der Waals surface area contributed by atoms with Gasteiger partial charge in [0.25, 0.3) is 0 Å². The third-order valence-corrected chi connectivity index (χ3v) is 4.75. The number of halogens is 5. The number of nitrogens with zero attached hydrogens (tertiary/aromatic N) is 4. The summed E-state index contributed by atoms with van der Waals surface area (Å²) in [5.41, 5.74) is -0.0759. The molecule has 1 aliphatic heterocycles. The van der Waals surface area contributed by atoms with Crippen molar-refractivity contribution in [1.29, 1.82) is 0 Å². The monoisotopic (exact) mass is 433 g/mol. The van der Waals surface area contributed by atoms with E-state index in [9.17, 15) is 18.0 Å². The zero-order valence-corrected chi connectivity index (χ0v) is 16.0. The van der Waals surface area contributed by atoms with Crippen molar-refractivity contribution in [2.45, 2.75) is 12.7 Å². The van der Waals surface area contributed by atoms with Gasteiger partial charge in [-0.3, -0.25) is 0 Å². The predicted molar refractivity (Wildman–Crippen MR) is 99.5 cm³/mol. The van der Waals surface area contributed by atoms with Crippen LogP contribution in [0.3, 0.4) is 0 Å². The van der Waals surface area contributed by atoms with Crippen molar-refractivity contribution in [2.24, 2.45) is 0 Å².